The summed E-state index contributed by atoms with van der Waals surface area (Å²) in [6, 6.07) is 0. The topological polar surface area (TPSA) is 117 Å². The number of rotatable bonds is 37. The Balaban J connectivity index is 4.29. The van der Waals surface area contributed by atoms with Crippen molar-refractivity contribution in [1.82, 2.24) is 5.32 Å². The molecule has 298 valence electrons. The molecule has 0 atom stereocenters. The monoisotopic (exact) mass is 724 g/mol. The predicted octanol–water partition coefficient (Wildman–Crippen LogP) is 11.2. The first-order valence-corrected chi connectivity index (χ1v) is 20.9. The van der Waals surface area contributed by atoms with Crippen LogP contribution in [0.2, 0.25) is 0 Å². The number of esters is 3. The van der Waals surface area contributed by atoms with Gasteiger partial charge in [0.25, 0.3) is 0 Å². The van der Waals surface area contributed by atoms with Gasteiger partial charge in [0, 0.05) is 18.4 Å². The van der Waals surface area contributed by atoms with Crippen molar-refractivity contribution in [2.75, 3.05) is 26.4 Å². The molecule has 0 rings (SSSR count). The Hall–Kier alpha value is -2.58. The molecule has 0 saturated heterocycles. The van der Waals surface area contributed by atoms with Crippen molar-refractivity contribution in [3.8, 4) is 0 Å². The fraction of sp³-hybridized carbons (Fsp3) is 0.857. The molecular weight excluding hydrogens is 646 g/mol. The fourth-order valence-corrected chi connectivity index (χ4v) is 5.82. The second-order valence-corrected chi connectivity index (χ2v) is 14.2. The molecule has 0 fully saturated rings. The maximum atomic E-state index is 12.4. The Kier molecular flexibility index (Phi) is 35.3. The van der Waals surface area contributed by atoms with E-state index in [0.717, 1.165) is 38.5 Å². The molecule has 0 aliphatic heterocycles. The van der Waals surface area contributed by atoms with E-state index in [1.807, 2.05) is 0 Å². The molecule has 0 heterocycles. The summed E-state index contributed by atoms with van der Waals surface area (Å²) >= 11 is 0. The highest BCUT2D eigenvalue weighted by Gasteiger charge is 2.19. The highest BCUT2D eigenvalue weighted by molar-refractivity contribution is 5.86. The van der Waals surface area contributed by atoms with Crippen molar-refractivity contribution >= 4 is 24.0 Å². The molecule has 0 bridgehead atoms. The first-order chi connectivity index (χ1) is 24.8. The number of hydrogen-bond acceptors (Lipinski definition) is 8. The number of nitrogens with one attached hydrogen (secondary N) is 1. The van der Waals surface area contributed by atoms with Crippen molar-refractivity contribution < 1.29 is 38.1 Å². The minimum Gasteiger partial charge on any atom is -0.462 e. The summed E-state index contributed by atoms with van der Waals surface area (Å²) in [5.41, 5.74) is 0.263. The zero-order valence-electron chi connectivity index (χ0n) is 33.2. The lowest BCUT2D eigenvalue weighted by molar-refractivity contribution is -0.152. The number of alkyl carbamates (subject to hydrolysis) is 1. The van der Waals surface area contributed by atoms with E-state index in [0.29, 0.717) is 12.8 Å². The number of carbonyl (C=O) groups excluding carboxylic acids is 4. The highest BCUT2D eigenvalue weighted by atomic mass is 16.6. The summed E-state index contributed by atoms with van der Waals surface area (Å²) in [6.07, 6.45) is 30.7. The van der Waals surface area contributed by atoms with Crippen LogP contribution in [0, 0.1) is 0 Å². The number of carbonyl (C=O) groups is 4. The molecule has 1 amide bonds. The molecule has 9 nitrogen and oxygen atoms in total. The zero-order chi connectivity index (χ0) is 37.6. The molecular formula is C42H77NO8. The van der Waals surface area contributed by atoms with Crippen molar-refractivity contribution in [2.45, 2.75) is 207 Å². The normalized spacial score (nSPS) is 11.0. The number of hydrogen-bond donors (Lipinski definition) is 1. The van der Waals surface area contributed by atoms with Crippen molar-refractivity contribution in [3.05, 3.63) is 12.2 Å². The molecule has 0 aromatic carbocycles. The van der Waals surface area contributed by atoms with E-state index in [2.05, 4.69) is 25.7 Å². The van der Waals surface area contributed by atoms with E-state index in [4.69, 9.17) is 18.9 Å². The number of unbranched alkanes of at least 4 members (excludes halogenated alkanes) is 24. The highest BCUT2D eigenvalue weighted by Crippen LogP contribution is 2.15. The SMILES string of the molecule is C=C(C)C(=O)OCCNC(=O)OC(COC(=O)CCCCCCCCCCCCCCC)COC(=O)CCCCCCCCCCCCCCC. The van der Waals surface area contributed by atoms with Gasteiger partial charge in [0.2, 0.25) is 0 Å². The minimum absolute atomic E-state index is 0.0300. The van der Waals surface area contributed by atoms with Gasteiger partial charge in [0.1, 0.15) is 19.8 Å². The van der Waals surface area contributed by atoms with E-state index >= 15 is 0 Å². The van der Waals surface area contributed by atoms with Crippen molar-refractivity contribution in [1.29, 1.82) is 0 Å². The van der Waals surface area contributed by atoms with Gasteiger partial charge in [-0.3, -0.25) is 9.59 Å². The summed E-state index contributed by atoms with van der Waals surface area (Å²) in [7, 11) is 0. The van der Waals surface area contributed by atoms with Crippen LogP contribution in [0.25, 0.3) is 0 Å². The maximum Gasteiger partial charge on any atom is 0.407 e. The predicted molar refractivity (Wildman–Crippen MR) is 207 cm³/mol. The summed E-state index contributed by atoms with van der Waals surface area (Å²) in [4.78, 5) is 48.7. The van der Waals surface area contributed by atoms with Gasteiger partial charge < -0.3 is 24.3 Å². The largest absolute Gasteiger partial charge is 0.462 e. The van der Waals surface area contributed by atoms with Crippen molar-refractivity contribution in [2.24, 2.45) is 0 Å². The summed E-state index contributed by atoms with van der Waals surface area (Å²) in [5.74, 6) is -1.27. The molecule has 0 aromatic heterocycles. The molecule has 9 heteroatoms. The second-order valence-electron chi connectivity index (χ2n) is 14.2. The number of amides is 1. The summed E-state index contributed by atoms with van der Waals surface area (Å²) in [5, 5.41) is 2.49. The van der Waals surface area contributed by atoms with Crippen LogP contribution in [0.4, 0.5) is 4.79 Å². The van der Waals surface area contributed by atoms with Crippen molar-refractivity contribution in [3.63, 3.8) is 0 Å². The molecule has 1 N–H and O–H groups in total. The molecule has 0 aliphatic rings. The Morgan fingerprint density at radius 1 is 0.510 bits per heavy atom. The van der Waals surface area contributed by atoms with Crippen LogP contribution in [-0.2, 0) is 33.3 Å². The van der Waals surface area contributed by atoms with Gasteiger partial charge in [0.15, 0.2) is 6.10 Å². The van der Waals surface area contributed by atoms with Crippen LogP contribution in [0.5, 0.6) is 0 Å². The van der Waals surface area contributed by atoms with Crippen LogP contribution in [0.15, 0.2) is 12.2 Å². The average Bonchev–Trinajstić information content (AvgIpc) is 3.11. The first-order valence-electron chi connectivity index (χ1n) is 20.9. The fourth-order valence-electron chi connectivity index (χ4n) is 5.82. The summed E-state index contributed by atoms with van der Waals surface area (Å²) in [6.45, 7) is 9.11. The summed E-state index contributed by atoms with van der Waals surface area (Å²) < 4.78 is 21.1. The Morgan fingerprint density at radius 3 is 1.18 bits per heavy atom. The lowest BCUT2D eigenvalue weighted by atomic mass is 10.0. The second kappa shape index (κ2) is 37.2. The van der Waals surface area contributed by atoms with Crippen LogP contribution in [-0.4, -0.2) is 56.5 Å². The van der Waals surface area contributed by atoms with Crippen LogP contribution >= 0.6 is 0 Å². The number of ether oxygens (including phenoxy) is 4. The van der Waals surface area contributed by atoms with E-state index in [-0.39, 0.29) is 43.9 Å². The van der Waals surface area contributed by atoms with Crippen LogP contribution in [0.1, 0.15) is 201 Å². The molecule has 51 heavy (non-hydrogen) atoms. The molecule has 0 saturated carbocycles. The minimum atomic E-state index is -0.950. The lowest BCUT2D eigenvalue weighted by Gasteiger charge is -2.18. The van der Waals surface area contributed by atoms with Gasteiger partial charge in [-0.15, -0.1) is 0 Å². The van der Waals surface area contributed by atoms with Gasteiger partial charge in [-0.1, -0.05) is 175 Å². The third-order valence-corrected chi connectivity index (χ3v) is 9.06. The van der Waals surface area contributed by atoms with Gasteiger partial charge in [-0.25, -0.2) is 9.59 Å². The molecule has 0 radical (unpaired) electrons. The van der Waals surface area contributed by atoms with Gasteiger partial charge in [-0.05, 0) is 19.8 Å². The third-order valence-electron chi connectivity index (χ3n) is 9.06. The van der Waals surface area contributed by atoms with E-state index in [1.54, 1.807) is 0 Å². The quantitative estimate of drug-likeness (QED) is 0.0291. The van der Waals surface area contributed by atoms with E-state index < -0.39 is 18.2 Å². The Labute approximate surface area is 312 Å². The van der Waals surface area contributed by atoms with Crippen LogP contribution in [0.3, 0.4) is 0 Å². The lowest BCUT2D eigenvalue weighted by Crippen LogP contribution is -2.36. The molecule has 0 aromatic rings. The van der Waals surface area contributed by atoms with Gasteiger partial charge in [0.05, 0.1) is 6.54 Å². The zero-order valence-corrected chi connectivity index (χ0v) is 33.2. The average molecular weight is 724 g/mol. The first kappa shape index (κ1) is 48.4. The standard InChI is InChI=1S/C42H77NO8/c1-5-7-9-11-13-15-17-19-21-23-25-27-29-31-39(44)49-35-38(51-42(47)43-33-34-48-41(46)37(3)4)36-50-40(45)32-30-28-26-24-22-20-18-16-14-12-10-8-6-2/h38H,3,5-36H2,1-2,4H3,(H,43,47). The van der Waals surface area contributed by atoms with E-state index in [1.165, 1.54) is 135 Å². The van der Waals surface area contributed by atoms with E-state index in [9.17, 15) is 19.2 Å². The molecule has 0 spiro atoms. The Morgan fingerprint density at radius 2 is 0.843 bits per heavy atom. The van der Waals surface area contributed by atoms with Crippen LogP contribution < -0.4 is 5.32 Å². The van der Waals surface area contributed by atoms with Gasteiger partial charge >= 0.3 is 24.0 Å². The Bertz CT molecular complexity index is 831. The molecule has 0 aliphatic carbocycles. The molecule has 0 unspecified atom stereocenters. The third kappa shape index (κ3) is 35.6. The smallest absolute Gasteiger partial charge is 0.407 e. The van der Waals surface area contributed by atoms with Gasteiger partial charge in [-0.2, -0.15) is 0 Å². The maximum absolute atomic E-state index is 12.4.